The molecule has 0 spiro atoms. The van der Waals surface area contributed by atoms with E-state index >= 15 is 0 Å². The van der Waals surface area contributed by atoms with Crippen LogP contribution >= 0.6 is 0 Å². The number of aromatic nitrogens is 2. The van der Waals surface area contributed by atoms with Crippen molar-refractivity contribution >= 4 is 22.4 Å². The van der Waals surface area contributed by atoms with Crippen LogP contribution in [0.5, 0.6) is 5.75 Å². The van der Waals surface area contributed by atoms with Gasteiger partial charge in [-0.3, -0.25) is 4.79 Å². The largest absolute Gasteiger partial charge is 0.497 e. The lowest BCUT2D eigenvalue weighted by Crippen LogP contribution is -2.11. The first-order valence-electron chi connectivity index (χ1n) is 6.42. The van der Waals surface area contributed by atoms with E-state index in [1.807, 2.05) is 6.07 Å². The first kappa shape index (κ1) is 13.1. The summed E-state index contributed by atoms with van der Waals surface area (Å²) >= 11 is 0. The van der Waals surface area contributed by atoms with Gasteiger partial charge >= 0.3 is 0 Å². The maximum Gasteiger partial charge on any atom is 0.255 e. The molecule has 0 unspecified atom stereocenters. The van der Waals surface area contributed by atoms with Crippen molar-refractivity contribution in [2.45, 2.75) is 0 Å². The molecular weight excluding hydrogens is 266 g/mol. The summed E-state index contributed by atoms with van der Waals surface area (Å²) in [7, 11) is 1.60. The van der Waals surface area contributed by atoms with Gasteiger partial charge in [0.25, 0.3) is 5.91 Å². The van der Waals surface area contributed by atoms with Gasteiger partial charge in [0.05, 0.1) is 19.5 Å². The standard InChI is InChI=1S/C16H13N3O2/c1-21-15-6-4-14(5-7-15)19-16(20)11-2-3-12-9-17-18-10-13(12)8-11/h2-10H,1H3,(H,19,20). The fourth-order valence-electron chi connectivity index (χ4n) is 2.01. The van der Waals surface area contributed by atoms with E-state index in [0.29, 0.717) is 11.3 Å². The Labute approximate surface area is 121 Å². The number of fused-ring (bicyclic) bond motifs is 1. The molecule has 0 atom stereocenters. The maximum atomic E-state index is 12.2. The normalized spacial score (nSPS) is 10.3. The van der Waals surface area contributed by atoms with Gasteiger partial charge in [-0.05, 0) is 36.4 Å². The number of carbonyl (C=O) groups excluding carboxylic acids is 1. The Morgan fingerprint density at radius 1 is 1.00 bits per heavy atom. The smallest absolute Gasteiger partial charge is 0.255 e. The first-order chi connectivity index (χ1) is 10.3. The monoisotopic (exact) mass is 279 g/mol. The van der Waals surface area contributed by atoms with E-state index in [1.54, 1.807) is 55.9 Å². The number of amides is 1. The number of anilines is 1. The van der Waals surface area contributed by atoms with Crippen molar-refractivity contribution in [1.82, 2.24) is 10.2 Å². The van der Waals surface area contributed by atoms with Crippen molar-refractivity contribution in [2.75, 3.05) is 12.4 Å². The van der Waals surface area contributed by atoms with Crippen LogP contribution < -0.4 is 10.1 Å². The second kappa shape index (κ2) is 5.58. The number of nitrogens with zero attached hydrogens (tertiary/aromatic N) is 2. The summed E-state index contributed by atoms with van der Waals surface area (Å²) < 4.78 is 5.08. The number of benzene rings is 2. The predicted molar refractivity (Wildman–Crippen MR) is 80.5 cm³/mol. The molecule has 0 saturated heterocycles. The second-order valence-electron chi connectivity index (χ2n) is 4.52. The number of carbonyl (C=O) groups is 1. The Kier molecular flexibility index (Phi) is 3.47. The van der Waals surface area contributed by atoms with Crippen molar-refractivity contribution in [3.05, 3.63) is 60.4 Å². The molecule has 104 valence electrons. The zero-order valence-electron chi connectivity index (χ0n) is 11.4. The molecule has 5 heteroatoms. The fourth-order valence-corrected chi connectivity index (χ4v) is 2.01. The van der Waals surface area contributed by atoms with Crippen molar-refractivity contribution < 1.29 is 9.53 Å². The molecule has 0 aliphatic carbocycles. The number of nitrogens with one attached hydrogen (secondary N) is 1. The van der Waals surface area contributed by atoms with Crippen LogP contribution in [0.15, 0.2) is 54.9 Å². The van der Waals surface area contributed by atoms with E-state index in [1.165, 1.54) is 0 Å². The molecule has 5 nitrogen and oxygen atoms in total. The predicted octanol–water partition coefficient (Wildman–Crippen LogP) is 2.89. The molecule has 3 aromatic rings. The lowest BCUT2D eigenvalue weighted by atomic mass is 10.1. The Morgan fingerprint density at radius 3 is 2.43 bits per heavy atom. The lowest BCUT2D eigenvalue weighted by Gasteiger charge is -2.07. The van der Waals surface area contributed by atoms with Gasteiger partial charge in [-0.15, -0.1) is 0 Å². The molecule has 1 aromatic heterocycles. The molecule has 21 heavy (non-hydrogen) atoms. The van der Waals surface area contributed by atoms with Crippen LogP contribution in [-0.2, 0) is 0 Å². The van der Waals surface area contributed by atoms with Crippen molar-refractivity contribution in [1.29, 1.82) is 0 Å². The Bertz CT molecular complexity index is 785. The zero-order chi connectivity index (χ0) is 14.7. The summed E-state index contributed by atoms with van der Waals surface area (Å²) in [5.41, 5.74) is 1.29. The molecular formula is C16H13N3O2. The topological polar surface area (TPSA) is 64.1 Å². The van der Waals surface area contributed by atoms with Crippen LogP contribution in [0.2, 0.25) is 0 Å². The third-order valence-electron chi connectivity index (χ3n) is 3.16. The highest BCUT2D eigenvalue weighted by molar-refractivity contribution is 6.06. The van der Waals surface area contributed by atoms with Gasteiger partial charge in [0, 0.05) is 22.0 Å². The Morgan fingerprint density at radius 2 is 1.71 bits per heavy atom. The van der Waals surface area contributed by atoms with Crippen molar-refractivity contribution in [3.63, 3.8) is 0 Å². The van der Waals surface area contributed by atoms with E-state index < -0.39 is 0 Å². The van der Waals surface area contributed by atoms with Gasteiger partial charge < -0.3 is 10.1 Å². The third kappa shape index (κ3) is 2.81. The van der Waals surface area contributed by atoms with Crippen molar-refractivity contribution in [2.24, 2.45) is 0 Å². The number of ether oxygens (including phenoxy) is 1. The van der Waals surface area contributed by atoms with Gasteiger partial charge in [0.2, 0.25) is 0 Å². The van der Waals surface area contributed by atoms with Crippen LogP contribution in [0.1, 0.15) is 10.4 Å². The molecule has 0 aliphatic rings. The van der Waals surface area contributed by atoms with Crippen LogP contribution in [-0.4, -0.2) is 23.2 Å². The molecule has 0 aliphatic heterocycles. The fraction of sp³-hybridized carbons (Fsp3) is 0.0625. The molecule has 1 heterocycles. The van der Waals surface area contributed by atoms with Crippen LogP contribution in [0, 0.1) is 0 Å². The summed E-state index contributed by atoms with van der Waals surface area (Å²) in [6.07, 6.45) is 3.31. The van der Waals surface area contributed by atoms with E-state index in [4.69, 9.17) is 4.74 Å². The summed E-state index contributed by atoms with van der Waals surface area (Å²) in [6.45, 7) is 0. The van der Waals surface area contributed by atoms with Gasteiger partial charge in [-0.1, -0.05) is 6.07 Å². The van der Waals surface area contributed by atoms with Gasteiger partial charge in [0.15, 0.2) is 0 Å². The Hall–Kier alpha value is -2.95. The summed E-state index contributed by atoms with van der Waals surface area (Å²) in [5.74, 6) is 0.580. The summed E-state index contributed by atoms with van der Waals surface area (Å²) in [6, 6.07) is 12.6. The second-order valence-corrected chi connectivity index (χ2v) is 4.52. The number of methoxy groups -OCH3 is 1. The number of rotatable bonds is 3. The summed E-state index contributed by atoms with van der Waals surface area (Å²) in [5, 5.41) is 12.3. The van der Waals surface area contributed by atoms with Gasteiger partial charge in [-0.25, -0.2) is 0 Å². The highest BCUT2D eigenvalue weighted by atomic mass is 16.5. The maximum absolute atomic E-state index is 12.2. The summed E-state index contributed by atoms with van der Waals surface area (Å²) in [4.78, 5) is 12.2. The van der Waals surface area contributed by atoms with E-state index in [2.05, 4.69) is 15.5 Å². The first-order valence-corrected chi connectivity index (χ1v) is 6.42. The van der Waals surface area contributed by atoms with Crippen LogP contribution in [0.3, 0.4) is 0 Å². The number of hydrogen-bond donors (Lipinski definition) is 1. The number of hydrogen-bond acceptors (Lipinski definition) is 4. The molecule has 0 bridgehead atoms. The minimum atomic E-state index is -0.168. The SMILES string of the molecule is COc1ccc(NC(=O)c2ccc3cnncc3c2)cc1. The quantitative estimate of drug-likeness (QED) is 0.800. The average Bonchev–Trinajstić information content (AvgIpc) is 2.55. The zero-order valence-corrected chi connectivity index (χ0v) is 11.4. The molecule has 1 N–H and O–H groups in total. The Balaban J connectivity index is 1.82. The molecule has 1 amide bonds. The van der Waals surface area contributed by atoms with Gasteiger partial charge in [0.1, 0.15) is 5.75 Å². The minimum absolute atomic E-state index is 0.168. The van der Waals surface area contributed by atoms with E-state index in [9.17, 15) is 4.79 Å². The molecule has 0 saturated carbocycles. The van der Waals surface area contributed by atoms with Crippen molar-refractivity contribution in [3.8, 4) is 5.75 Å². The third-order valence-corrected chi connectivity index (χ3v) is 3.16. The van der Waals surface area contributed by atoms with Crippen LogP contribution in [0.4, 0.5) is 5.69 Å². The van der Waals surface area contributed by atoms with Crippen LogP contribution in [0.25, 0.3) is 10.8 Å². The molecule has 3 rings (SSSR count). The van der Waals surface area contributed by atoms with E-state index in [-0.39, 0.29) is 5.91 Å². The van der Waals surface area contributed by atoms with Gasteiger partial charge in [-0.2, -0.15) is 10.2 Å². The molecule has 0 fully saturated rings. The highest BCUT2D eigenvalue weighted by Gasteiger charge is 2.07. The molecule has 0 radical (unpaired) electrons. The minimum Gasteiger partial charge on any atom is -0.497 e. The van der Waals surface area contributed by atoms with E-state index in [0.717, 1.165) is 16.5 Å². The molecule has 2 aromatic carbocycles. The highest BCUT2D eigenvalue weighted by Crippen LogP contribution is 2.17. The lowest BCUT2D eigenvalue weighted by molar-refractivity contribution is 0.102. The average molecular weight is 279 g/mol.